The molecule has 9 heteroatoms. The highest BCUT2D eigenvalue weighted by Crippen LogP contribution is 2.64. The van der Waals surface area contributed by atoms with Crippen molar-refractivity contribution in [2.24, 2.45) is 17.3 Å². The smallest absolute Gasteiger partial charge is 0.300 e. The second-order valence-corrected chi connectivity index (χ2v) is 10.0. The highest BCUT2D eigenvalue weighted by molar-refractivity contribution is 8.00. The predicted octanol–water partition coefficient (Wildman–Crippen LogP) is 4.49. The van der Waals surface area contributed by atoms with E-state index >= 15 is 0 Å². The summed E-state index contributed by atoms with van der Waals surface area (Å²) in [6.45, 7) is 1.48. The minimum Gasteiger partial charge on any atom is -0.300 e. The monoisotopic (exact) mass is 421 g/mol. The number of fused-ring (bicyclic) bond motifs is 1. The number of hydrogen-bond acceptors (Lipinski definition) is 3. The largest absolute Gasteiger partial charge is 0.435 e. The summed E-state index contributed by atoms with van der Waals surface area (Å²) in [5.41, 5.74) is -0.129. The van der Waals surface area contributed by atoms with Crippen molar-refractivity contribution in [1.82, 2.24) is 14.7 Å². The van der Waals surface area contributed by atoms with E-state index in [-0.39, 0.29) is 5.92 Å². The molecule has 4 fully saturated rings. The van der Waals surface area contributed by atoms with Gasteiger partial charge in [-0.1, -0.05) is 0 Å². The van der Waals surface area contributed by atoms with Gasteiger partial charge in [-0.3, -0.25) is 4.68 Å². The van der Waals surface area contributed by atoms with Crippen LogP contribution in [0.4, 0.5) is 22.0 Å². The lowest BCUT2D eigenvalue weighted by molar-refractivity contribution is -0.141. The zero-order valence-electron chi connectivity index (χ0n) is 15.5. The number of halogens is 5. The van der Waals surface area contributed by atoms with E-state index in [9.17, 15) is 22.0 Å². The Kier molecular flexibility index (Phi) is 4.51. The molecule has 4 aliphatic rings. The Morgan fingerprint density at radius 2 is 1.79 bits per heavy atom. The molecule has 1 aromatic heterocycles. The Morgan fingerprint density at radius 3 is 2.29 bits per heavy atom. The summed E-state index contributed by atoms with van der Waals surface area (Å²) in [5, 5.41) is 3.45. The number of rotatable bonds is 4. The van der Waals surface area contributed by atoms with E-state index in [1.807, 2.05) is 11.8 Å². The third-order valence-corrected chi connectivity index (χ3v) is 9.00. The van der Waals surface area contributed by atoms with Crippen LogP contribution in [-0.4, -0.2) is 51.7 Å². The van der Waals surface area contributed by atoms with Crippen molar-refractivity contribution in [2.75, 3.05) is 24.6 Å². The maximum absolute atomic E-state index is 13.0. The van der Waals surface area contributed by atoms with Crippen molar-refractivity contribution in [3.05, 3.63) is 17.5 Å². The van der Waals surface area contributed by atoms with E-state index in [0.29, 0.717) is 29.0 Å². The maximum atomic E-state index is 13.0. The molecule has 0 radical (unpaired) electrons. The maximum Gasteiger partial charge on any atom is 0.435 e. The number of likely N-dealkylation sites (tertiary alicyclic amines) is 1. The minimum atomic E-state index is -4.60. The van der Waals surface area contributed by atoms with Crippen molar-refractivity contribution in [1.29, 1.82) is 0 Å². The fraction of sp³-hybridized carbons (Fsp3) is 0.842. The molecule has 2 saturated carbocycles. The molecule has 156 valence electrons. The van der Waals surface area contributed by atoms with Crippen LogP contribution in [0.25, 0.3) is 0 Å². The summed E-state index contributed by atoms with van der Waals surface area (Å²) in [5.74, 6) is 3.16. The molecule has 2 atom stereocenters. The van der Waals surface area contributed by atoms with E-state index in [1.54, 1.807) is 0 Å². The molecule has 2 aliphatic carbocycles. The van der Waals surface area contributed by atoms with Crippen molar-refractivity contribution >= 4 is 11.8 Å². The topological polar surface area (TPSA) is 21.1 Å². The molecule has 2 unspecified atom stereocenters. The van der Waals surface area contributed by atoms with Gasteiger partial charge in [-0.15, -0.1) is 0 Å². The minimum absolute atomic E-state index is 0.0437. The first-order chi connectivity index (χ1) is 13.3. The van der Waals surface area contributed by atoms with E-state index < -0.39 is 24.8 Å². The Morgan fingerprint density at radius 1 is 1.14 bits per heavy atom. The molecular formula is C19H24F5N3S. The first-order valence-electron chi connectivity index (χ1n) is 10.0. The lowest BCUT2D eigenvalue weighted by atomic mass is 9.80. The van der Waals surface area contributed by atoms with Gasteiger partial charge in [0.25, 0.3) is 6.43 Å². The van der Waals surface area contributed by atoms with Crippen LogP contribution in [0.1, 0.15) is 43.0 Å². The van der Waals surface area contributed by atoms with Crippen molar-refractivity contribution in [3.63, 3.8) is 0 Å². The lowest BCUT2D eigenvalue weighted by Gasteiger charge is -2.49. The molecule has 3 nitrogen and oxygen atoms in total. The molecule has 1 aromatic rings. The van der Waals surface area contributed by atoms with Gasteiger partial charge >= 0.3 is 6.18 Å². The number of aromatic nitrogens is 2. The van der Waals surface area contributed by atoms with Gasteiger partial charge in [-0.05, 0) is 73.6 Å². The Labute approximate surface area is 165 Å². The SMILES string of the molecule is FC(F)Cn1nc(C(F)(F)F)cc1C1C2CC(N3CCC4(CC3)CSC4)CC21. The van der Waals surface area contributed by atoms with Crippen molar-refractivity contribution in [3.8, 4) is 0 Å². The summed E-state index contributed by atoms with van der Waals surface area (Å²) in [6.07, 6.45) is -2.86. The summed E-state index contributed by atoms with van der Waals surface area (Å²) in [4.78, 5) is 2.56. The second kappa shape index (κ2) is 6.59. The molecule has 0 aromatic carbocycles. The lowest BCUT2D eigenvalue weighted by Crippen LogP contribution is -2.49. The van der Waals surface area contributed by atoms with Crippen LogP contribution in [0.15, 0.2) is 6.07 Å². The first kappa shape index (κ1) is 19.2. The average molecular weight is 421 g/mol. The predicted molar refractivity (Wildman–Crippen MR) is 96.5 cm³/mol. The Hall–Kier alpha value is -0.830. The number of nitrogens with zero attached hydrogens (tertiary/aromatic N) is 3. The normalized spacial score (nSPS) is 34.6. The number of piperidine rings is 1. The van der Waals surface area contributed by atoms with E-state index in [1.165, 1.54) is 24.3 Å². The van der Waals surface area contributed by atoms with Gasteiger partial charge in [-0.25, -0.2) is 8.78 Å². The molecular weight excluding hydrogens is 397 g/mol. The number of alkyl halides is 5. The van der Waals surface area contributed by atoms with Gasteiger partial charge < -0.3 is 4.90 Å². The molecule has 5 rings (SSSR count). The molecule has 2 saturated heterocycles. The summed E-state index contributed by atoms with van der Waals surface area (Å²) in [7, 11) is 0. The van der Waals surface area contributed by atoms with Gasteiger partial charge in [-0.2, -0.15) is 30.0 Å². The summed E-state index contributed by atoms with van der Waals surface area (Å²) in [6, 6.07) is 1.50. The molecule has 2 aliphatic heterocycles. The average Bonchev–Trinajstić information content (AvgIpc) is 2.96. The van der Waals surface area contributed by atoms with Gasteiger partial charge in [0, 0.05) is 17.7 Å². The Balaban J connectivity index is 1.24. The fourth-order valence-corrected chi connectivity index (χ4v) is 7.07. The molecule has 0 N–H and O–H groups in total. The Bertz CT molecular complexity index is 722. The van der Waals surface area contributed by atoms with Crippen molar-refractivity contribution in [2.45, 2.75) is 56.8 Å². The third kappa shape index (κ3) is 3.26. The van der Waals surface area contributed by atoms with Crippen molar-refractivity contribution < 1.29 is 22.0 Å². The zero-order valence-corrected chi connectivity index (χ0v) is 16.3. The highest BCUT2D eigenvalue weighted by atomic mass is 32.2. The first-order valence-corrected chi connectivity index (χ1v) is 11.2. The standard InChI is InChI=1S/C19H24F5N3S/c20-16(21)8-27-14(7-15(25-27)19(22,23)24)17-12-5-11(6-13(12)17)26-3-1-18(2-4-26)9-28-10-18/h7,11-13,16-17H,1-6,8-10H2. The second-order valence-electron chi connectivity index (χ2n) is 9.03. The number of hydrogen-bond donors (Lipinski definition) is 0. The van der Waals surface area contributed by atoms with E-state index in [2.05, 4.69) is 10.00 Å². The van der Waals surface area contributed by atoms with Gasteiger partial charge in [0.2, 0.25) is 0 Å². The highest BCUT2D eigenvalue weighted by Gasteiger charge is 2.59. The molecule has 0 bridgehead atoms. The van der Waals surface area contributed by atoms with Crippen LogP contribution >= 0.6 is 11.8 Å². The third-order valence-electron chi connectivity index (χ3n) is 7.37. The zero-order chi connectivity index (χ0) is 19.7. The summed E-state index contributed by atoms with van der Waals surface area (Å²) >= 11 is 2.03. The quantitative estimate of drug-likeness (QED) is 0.669. The molecule has 28 heavy (non-hydrogen) atoms. The van der Waals surface area contributed by atoms with Crippen LogP contribution < -0.4 is 0 Å². The van der Waals surface area contributed by atoms with E-state index in [4.69, 9.17) is 0 Å². The van der Waals surface area contributed by atoms with Gasteiger partial charge in [0.15, 0.2) is 5.69 Å². The molecule has 3 heterocycles. The van der Waals surface area contributed by atoms with Crippen LogP contribution in [-0.2, 0) is 12.7 Å². The molecule has 1 spiro atoms. The van der Waals surface area contributed by atoms with Crippen LogP contribution in [0.3, 0.4) is 0 Å². The van der Waals surface area contributed by atoms with Gasteiger partial charge in [0.1, 0.15) is 6.54 Å². The summed E-state index contributed by atoms with van der Waals surface area (Å²) < 4.78 is 65.6. The number of thioether (sulfide) groups is 1. The van der Waals surface area contributed by atoms with Crippen LogP contribution in [0.2, 0.25) is 0 Å². The van der Waals surface area contributed by atoms with Crippen LogP contribution in [0, 0.1) is 17.3 Å². The van der Waals surface area contributed by atoms with Crippen LogP contribution in [0.5, 0.6) is 0 Å². The van der Waals surface area contributed by atoms with Gasteiger partial charge in [0.05, 0.1) is 0 Å². The molecule has 0 amide bonds. The fourth-order valence-electron chi connectivity index (χ4n) is 5.71. The van der Waals surface area contributed by atoms with E-state index in [0.717, 1.165) is 36.7 Å².